The Hall–Kier alpha value is -3.18. The number of aromatic nitrogens is 1. The average Bonchev–Trinajstić information content (AvgIpc) is 2.80. The van der Waals surface area contributed by atoms with Crippen LogP contribution in [0.2, 0.25) is 5.02 Å². The van der Waals surface area contributed by atoms with Gasteiger partial charge in [-0.05, 0) is 67.8 Å². The van der Waals surface area contributed by atoms with E-state index in [1.54, 1.807) is 30.2 Å². The number of anilines is 2. The molecule has 2 aromatic carbocycles. The Balaban J connectivity index is 1.75. The van der Waals surface area contributed by atoms with Crippen LogP contribution < -0.4 is 9.80 Å². The van der Waals surface area contributed by atoms with Gasteiger partial charge in [-0.15, -0.1) is 0 Å². The predicted molar refractivity (Wildman–Crippen MR) is 128 cm³/mol. The van der Waals surface area contributed by atoms with Crippen molar-refractivity contribution in [3.05, 3.63) is 88.7 Å². The summed E-state index contributed by atoms with van der Waals surface area (Å²) >= 11 is 6.06. The van der Waals surface area contributed by atoms with Crippen molar-refractivity contribution in [2.24, 2.45) is 0 Å². The minimum absolute atomic E-state index is 0.0570. The normalized spacial score (nSPS) is 17.6. The zero-order valence-corrected chi connectivity index (χ0v) is 19.2. The first-order chi connectivity index (χ1) is 15.4. The summed E-state index contributed by atoms with van der Waals surface area (Å²) in [7, 11) is 0. The van der Waals surface area contributed by atoms with Gasteiger partial charge >= 0.3 is 0 Å². The first-order valence-corrected chi connectivity index (χ1v) is 11.2. The van der Waals surface area contributed by atoms with E-state index in [0.29, 0.717) is 17.0 Å². The van der Waals surface area contributed by atoms with Crippen molar-refractivity contribution in [1.29, 1.82) is 0 Å². The molecule has 1 aliphatic heterocycles. The van der Waals surface area contributed by atoms with Crippen molar-refractivity contribution in [1.82, 2.24) is 4.98 Å². The number of amides is 2. The molecule has 1 aromatic heterocycles. The summed E-state index contributed by atoms with van der Waals surface area (Å²) in [4.78, 5) is 34.2. The number of carbonyl (C=O) groups is 2. The monoisotopic (exact) mass is 447 g/mol. The quantitative estimate of drug-likeness (QED) is 0.505. The molecule has 2 atom stereocenters. The summed E-state index contributed by atoms with van der Waals surface area (Å²) in [6.45, 7) is 5.63. The summed E-state index contributed by atoms with van der Waals surface area (Å²) in [6, 6.07) is 18.5. The Kier molecular flexibility index (Phi) is 6.28. The smallest absolute Gasteiger partial charge is 0.260 e. The number of aryl methyl sites for hydroxylation is 1. The van der Waals surface area contributed by atoms with E-state index < -0.39 is 0 Å². The lowest BCUT2D eigenvalue weighted by molar-refractivity contribution is -0.117. The fourth-order valence-electron chi connectivity index (χ4n) is 4.42. The Morgan fingerprint density at radius 2 is 1.81 bits per heavy atom. The van der Waals surface area contributed by atoms with E-state index in [2.05, 4.69) is 4.98 Å². The van der Waals surface area contributed by atoms with E-state index in [1.807, 2.05) is 67.3 Å². The lowest BCUT2D eigenvalue weighted by atomic mass is 9.89. The summed E-state index contributed by atoms with van der Waals surface area (Å²) in [5, 5.41) is 0.620. The number of hydrogen-bond donors (Lipinski definition) is 0. The van der Waals surface area contributed by atoms with Crippen LogP contribution in [0.15, 0.2) is 66.9 Å². The van der Waals surface area contributed by atoms with Crippen LogP contribution in [0.25, 0.3) is 0 Å². The van der Waals surface area contributed by atoms with Crippen LogP contribution >= 0.6 is 11.6 Å². The number of benzene rings is 2. The molecule has 0 radical (unpaired) electrons. The van der Waals surface area contributed by atoms with E-state index >= 15 is 0 Å². The number of halogens is 1. The topological polar surface area (TPSA) is 53.5 Å². The summed E-state index contributed by atoms with van der Waals surface area (Å²) in [6.07, 6.45) is 3.09. The van der Waals surface area contributed by atoms with E-state index in [4.69, 9.17) is 11.6 Å². The molecule has 1 aliphatic rings. The largest absolute Gasteiger partial charge is 0.305 e. The minimum Gasteiger partial charge on any atom is -0.305 e. The van der Waals surface area contributed by atoms with Gasteiger partial charge in [-0.25, -0.2) is 0 Å². The molecule has 0 fully saturated rings. The van der Waals surface area contributed by atoms with E-state index in [1.165, 1.54) is 0 Å². The molecule has 0 bridgehead atoms. The van der Waals surface area contributed by atoms with Gasteiger partial charge in [0.15, 0.2) is 0 Å². The molecular formula is C26H26ClN3O2. The van der Waals surface area contributed by atoms with Crippen LogP contribution in [-0.4, -0.2) is 22.8 Å². The molecule has 2 amide bonds. The van der Waals surface area contributed by atoms with Gasteiger partial charge in [0.2, 0.25) is 5.91 Å². The molecule has 5 nitrogen and oxygen atoms in total. The second-order valence-corrected chi connectivity index (χ2v) is 8.53. The second-order valence-electron chi connectivity index (χ2n) is 8.09. The molecule has 0 aliphatic carbocycles. The number of pyridine rings is 1. The Morgan fingerprint density at radius 1 is 1.09 bits per heavy atom. The van der Waals surface area contributed by atoms with E-state index in [0.717, 1.165) is 29.1 Å². The van der Waals surface area contributed by atoms with Gasteiger partial charge in [0.25, 0.3) is 5.91 Å². The third kappa shape index (κ3) is 4.13. The van der Waals surface area contributed by atoms with Crippen LogP contribution in [0.1, 0.15) is 54.8 Å². The number of carbonyl (C=O) groups excluding carboxylic acids is 2. The number of hydrogen-bond acceptors (Lipinski definition) is 3. The fraction of sp³-hybridized carbons (Fsp3) is 0.269. The van der Waals surface area contributed by atoms with Gasteiger partial charge < -0.3 is 9.80 Å². The lowest BCUT2D eigenvalue weighted by Gasteiger charge is -2.43. The highest BCUT2D eigenvalue weighted by molar-refractivity contribution is 6.30. The van der Waals surface area contributed by atoms with Gasteiger partial charge in [-0.1, -0.05) is 36.7 Å². The van der Waals surface area contributed by atoms with Crippen LogP contribution in [0.5, 0.6) is 0 Å². The molecule has 164 valence electrons. The van der Waals surface area contributed by atoms with Gasteiger partial charge in [0, 0.05) is 41.3 Å². The van der Waals surface area contributed by atoms with Crippen LogP contribution in [0, 0.1) is 0 Å². The molecular weight excluding hydrogens is 422 g/mol. The summed E-state index contributed by atoms with van der Waals surface area (Å²) < 4.78 is 0. The molecule has 0 N–H and O–H groups in total. The van der Waals surface area contributed by atoms with Crippen molar-refractivity contribution in [2.45, 2.75) is 45.7 Å². The molecule has 0 spiro atoms. The zero-order valence-electron chi connectivity index (χ0n) is 18.5. The maximum absolute atomic E-state index is 13.5. The number of para-hydroxylation sites is 1. The predicted octanol–water partition coefficient (Wildman–Crippen LogP) is 5.83. The number of rotatable bonds is 4. The van der Waals surface area contributed by atoms with Crippen molar-refractivity contribution >= 4 is 34.8 Å². The fourth-order valence-corrected chi connectivity index (χ4v) is 4.54. The standard InChI is InChI=1S/C26H26ClN3O2/c1-4-21-12-9-19(16-28-21)26(32)29-17(2)15-25(23-7-5-6-8-24(23)29)30(18(3)31)22-13-10-20(27)11-14-22/h5-14,16-17,25H,4,15H2,1-3H3. The molecule has 0 saturated carbocycles. The summed E-state index contributed by atoms with van der Waals surface area (Å²) in [5.41, 5.74) is 4.06. The van der Waals surface area contributed by atoms with Gasteiger partial charge in [0.05, 0.1) is 11.6 Å². The van der Waals surface area contributed by atoms with E-state index in [9.17, 15) is 9.59 Å². The second kappa shape index (κ2) is 9.13. The molecule has 2 unspecified atom stereocenters. The third-order valence-corrected chi connectivity index (χ3v) is 6.22. The van der Waals surface area contributed by atoms with Crippen LogP contribution in [0.3, 0.4) is 0 Å². The van der Waals surface area contributed by atoms with E-state index in [-0.39, 0.29) is 23.9 Å². The Bertz CT molecular complexity index is 1130. The maximum Gasteiger partial charge on any atom is 0.260 e. The minimum atomic E-state index is -0.190. The highest BCUT2D eigenvalue weighted by Crippen LogP contribution is 2.42. The van der Waals surface area contributed by atoms with Gasteiger partial charge in [-0.2, -0.15) is 0 Å². The van der Waals surface area contributed by atoms with Crippen LogP contribution in [0.4, 0.5) is 11.4 Å². The first kappa shape index (κ1) is 22.0. The molecule has 0 saturated heterocycles. The molecule has 6 heteroatoms. The highest BCUT2D eigenvalue weighted by Gasteiger charge is 2.38. The Morgan fingerprint density at radius 3 is 2.44 bits per heavy atom. The maximum atomic E-state index is 13.5. The lowest BCUT2D eigenvalue weighted by Crippen LogP contribution is -2.47. The van der Waals surface area contributed by atoms with Crippen LogP contribution in [-0.2, 0) is 11.2 Å². The van der Waals surface area contributed by atoms with Crippen molar-refractivity contribution in [3.8, 4) is 0 Å². The van der Waals surface area contributed by atoms with Gasteiger partial charge in [0.1, 0.15) is 0 Å². The van der Waals surface area contributed by atoms with Crippen molar-refractivity contribution < 1.29 is 9.59 Å². The average molecular weight is 448 g/mol. The highest BCUT2D eigenvalue weighted by atomic mass is 35.5. The zero-order chi connectivity index (χ0) is 22.8. The van der Waals surface area contributed by atoms with Gasteiger partial charge in [-0.3, -0.25) is 14.6 Å². The SMILES string of the molecule is CCc1ccc(C(=O)N2c3ccccc3C(N(C(C)=O)c3ccc(Cl)cc3)CC2C)cn1. The number of nitrogens with zero attached hydrogens (tertiary/aromatic N) is 3. The molecule has 2 heterocycles. The Labute approximate surface area is 193 Å². The number of fused-ring (bicyclic) bond motifs is 1. The first-order valence-electron chi connectivity index (χ1n) is 10.8. The molecule has 3 aromatic rings. The molecule has 4 rings (SSSR count). The molecule has 32 heavy (non-hydrogen) atoms. The van der Waals surface area contributed by atoms with Crippen molar-refractivity contribution in [3.63, 3.8) is 0 Å². The van der Waals surface area contributed by atoms with Crippen molar-refractivity contribution in [2.75, 3.05) is 9.80 Å². The third-order valence-electron chi connectivity index (χ3n) is 5.97. The summed E-state index contributed by atoms with van der Waals surface area (Å²) in [5.74, 6) is -0.141.